The van der Waals surface area contributed by atoms with Gasteiger partial charge in [-0.2, -0.15) is 23.3 Å². The lowest BCUT2D eigenvalue weighted by molar-refractivity contribution is -0.137. The number of anilines is 1. The van der Waals surface area contributed by atoms with Gasteiger partial charge >= 0.3 is 12.1 Å². The second kappa shape index (κ2) is 10.5. The summed E-state index contributed by atoms with van der Waals surface area (Å²) in [6, 6.07) is 17.1. The maximum Gasteiger partial charge on any atom is 0.416 e. The molecule has 0 saturated heterocycles. The number of hydrogen-bond donors (Lipinski definition) is 0. The number of carbonyl (C=O) groups excluding carboxylic acids is 2. The number of carbonyl (C=O) groups is 2. The van der Waals surface area contributed by atoms with Gasteiger partial charge in [-0.05, 0) is 48.4 Å². The molecule has 11 heteroatoms. The molecule has 8 nitrogen and oxygen atoms in total. The lowest BCUT2D eigenvalue weighted by Gasteiger charge is -2.18. The Balaban J connectivity index is 1.37. The third kappa shape index (κ3) is 5.57. The summed E-state index contributed by atoms with van der Waals surface area (Å²) in [5.74, 6) is -1.09. The monoisotopic (exact) mass is 534 g/mol. The molecule has 4 aromatic rings. The molecule has 1 aliphatic rings. The van der Waals surface area contributed by atoms with E-state index in [0.29, 0.717) is 35.3 Å². The van der Waals surface area contributed by atoms with Crippen molar-refractivity contribution >= 4 is 34.7 Å². The normalized spacial score (nSPS) is 13.0. The van der Waals surface area contributed by atoms with E-state index in [9.17, 15) is 27.6 Å². The molecule has 1 aromatic heterocycles. The van der Waals surface area contributed by atoms with E-state index in [4.69, 9.17) is 4.74 Å². The number of aryl methyl sites for hydroxylation is 1. The maximum absolute atomic E-state index is 13.3. The van der Waals surface area contributed by atoms with Crippen molar-refractivity contribution in [2.45, 2.75) is 25.6 Å². The minimum atomic E-state index is -4.63. The number of aromatic nitrogens is 2. The molecular weight excluding hydrogens is 513 g/mol. The zero-order chi connectivity index (χ0) is 27.6. The van der Waals surface area contributed by atoms with E-state index in [1.54, 1.807) is 34.9 Å². The van der Waals surface area contributed by atoms with Crippen LogP contribution in [0.4, 0.5) is 18.9 Å². The second-order valence-corrected chi connectivity index (χ2v) is 8.81. The molecule has 0 spiro atoms. The lowest BCUT2D eigenvalue weighted by Crippen LogP contribution is -2.31. The number of halogens is 3. The lowest BCUT2D eigenvalue weighted by atomic mass is 10.1. The average molecular weight is 534 g/mol. The van der Waals surface area contributed by atoms with Crippen LogP contribution < -0.4 is 10.6 Å². The van der Waals surface area contributed by atoms with Gasteiger partial charge in [-0.25, -0.2) is 9.78 Å². The summed E-state index contributed by atoms with van der Waals surface area (Å²) in [7, 11) is 0. The van der Waals surface area contributed by atoms with Crippen molar-refractivity contribution in [1.82, 2.24) is 9.55 Å². The number of hydrazone groups is 1. The molecule has 0 unspecified atom stereocenters. The van der Waals surface area contributed by atoms with E-state index in [1.165, 1.54) is 30.5 Å². The molecule has 3 aromatic carbocycles. The number of ether oxygens (including phenoxy) is 1. The van der Waals surface area contributed by atoms with Crippen molar-refractivity contribution in [1.29, 1.82) is 0 Å². The van der Waals surface area contributed by atoms with Crippen molar-refractivity contribution in [3.8, 4) is 0 Å². The number of alkyl halides is 3. The predicted octanol–water partition coefficient (Wildman–Crippen LogP) is 4.59. The topological polar surface area (TPSA) is 93.9 Å². The van der Waals surface area contributed by atoms with Crippen LogP contribution in [0, 0.1) is 0 Å². The van der Waals surface area contributed by atoms with Crippen LogP contribution in [0.2, 0.25) is 0 Å². The molecule has 198 valence electrons. The molecule has 0 atom stereocenters. The number of amides is 1. The fourth-order valence-corrected chi connectivity index (χ4v) is 4.24. The molecule has 0 bridgehead atoms. The molecule has 1 amide bonds. The van der Waals surface area contributed by atoms with Gasteiger partial charge in [0.25, 0.3) is 11.5 Å². The summed E-state index contributed by atoms with van der Waals surface area (Å²) >= 11 is 0. The largest absolute Gasteiger partial charge is 0.452 e. The van der Waals surface area contributed by atoms with Crippen molar-refractivity contribution in [3.63, 3.8) is 0 Å². The summed E-state index contributed by atoms with van der Waals surface area (Å²) in [4.78, 5) is 42.9. The average Bonchev–Trinajstić information content (AvgIpc) is 3.41. The van der Waals surface area contributed by atoms with Crippen LogP contribution in [0.1, 0.15) is 33.7 Å². The summed E-state index contributed by atoms with van der Waals surface area (Å²) in [6.45, 7) is -0.197. The van der Waals surface area contributed by atoms with Crippen LogP contribution in [-0.2, 0) is 28.7 Å². The Hall–Kier alpha value is -4.80. The van der Waals surface area contributed by atoms with Crippen LogP contribution in [0.5, 0.6) is 0 Å². The van der Waals surface area contributed by atoms with E-state index in [0.717, 1.165) is 29.6 Å². The summed E-state index contributed by atoms with van der Waals surface area (Å²) in [5, 5.41) is 5.19. The van der Waals surface area contributed by atoms with Crippen LogP contribution in [-0.4, -0.2) is 34.2 Å². The highest BCUT2D eigenvalue weighted by atomic mass is 19.4. The molecule has 0 aliphatic carbocycles. The van der Waals surface area contributed by atoms with Gasteiger partial charge in [0.15, 0.2) is 6.61 Å². The Bertz CT molecular complexity index is 1650. The SMILES string of the molecule is O=C(OCC(=O)N(N=Cc1ccccc1)c1cccc(C(F)(F)F)c1)c1ccc2c(=O)n3c(nc2c1)CCC3. The minimum absolute atomic E-state index is 0.0727. The number of esters is 1. The van der Waals surface area contributed by atoms with Gasteiger partial charge in [0, 0.05) is 13.0 Å². The van der Waals surface area contributed by atoms with Gasteiger partial charge in [-0.1, -0.05) is 36.4 Å². The van der Waals surface area contributed by atoms with Gasteiger partial charge in [0.2, 0.25) is 0 Å². The first kappa shape index (κ1) is 25.8. The number of rotatable bonds is 6. The minimum Gasteiger partial charge on any atom is -0.452 e. The van der Waals surface area contributed by atoms with Gasteiger partial charge in [-0.15, -0.1) is 0 Å². The smallest absolute Gasteiger partial charge is 0.416 e. The molecule has 1 aliphatic heterocycles. The Morgan fingerprint density at radius 1 is 1.05 bits per heavy atom. The van der Waals surface area contributed by atoms with Crippen LogP contribution >= 0.6 is 0 Å². The molecule has 39 heavy (non-hydrogen) atoms. The Morgan fingerprint density at radius 3 is 2.62 bits per heavy atom. The summed E-state index contributed by atoms with van der Waals surface area (Å²) < 4.78 is 46.7. The first-order valence-corrected chi connectivity index (χ1v) is 12.0. The highest BCUT2D eigenvalue weighted by molar-refractivity contribution is 5.99. The van der Waals surface area contributed by atoms with Crippen molar-refractivity contribution in [2.75, 3.05) is 11.6 Å². The fraction of sp³-hybridized carbons (Fsp3) is 0.179. The van der Waals surface area contributed by atoms with Gasteiger partial charge in [0.1, 0.15) is 5.82 Å². The van der Waals surface area contributed by atoms with Crippen molar-refractivity contribution in [2.24, 2.45) is 5.10 Å². The van der Waals surface area contributed by atoms with E-state index < -0.39 is 30.2 Å². The number of hydrogen-bond acceptors (Lipinski definition) is 6. The molecule has 0 radical (unpaired) electrons. The molecule has 2 heterocycles. The van der Waals surface area contributed by atoms with E-state index in [1.807, 2.05) is 0 Å². The number of fused-ring (bicyclic) bond motifs is 2. The van der Waals surface area contributed by atoms with Gasteiger partial charge in [-0.3, -0.25) is 14.2 Å². The van der Waals surface area contributed by atoms with Crippen molar-refractivity contribution < 1.29 is 27.5 Å². The highest BCUT2D eigenvalue weighted by Crippen LogP contribution is 2.32. The van der Waals surface area contributed by atoms with Crippen LogP contribution in [0.25, 0.3) is 10.9 Å². The molecule has 5 rings (SSSR count). The zero-order valence-electron chi connectivity index (χ0n) is 20.4. The zero-order valence-corrected chi connectivity index (χ0v) is 20.4. The number of benzene rings is 3. The maximum atomic E-state index is 13.3. The highest BCUT2D eigenvalue weighted by Gasteiger charge is 2.31. The van der Waals surface area contributed by atoms with E-state index in [-0.39, 0.29) is 16.8 Å². The van der Waals surface area contributed by atoms with Crippen LogP contribution in [0.15, 0.2) is 82.7 Å². The van der Waals surface area contributed by atoms with Gasteiger partial charge < -0.3 is 4.74 Å². The fourth-order valence-electron chi connectivity index (χ4n) is 4.24. The third-order valence-electron chi connectivity index (χ3n) is 6.16. The Kier molecular flexibility index (Phi) is 6.97. The second-order valence-electron chi connectivity index (χ2n) is 8.81. The van der Waals surface area contributed by atoms with E-state index in [2.05, 4.69) is 10.1 Å². The molecule has 0 fully saturated rings. The van der Waals surface area contributed by atoms with Gasteiger partial charge in [0.05, 0.1) is 33.9 Å². The third-order valence-corrected chi connectivity index (χ3v) is 6.16. The standard InChI is InChI=1S/C28H21F3N4O4/c29-28(30,31)20-8-4-9-21(15-20)35(32-16-18-6-2-1-3-7-18)25(36)17-39-27(38)19-11-12-22-23(14-19)33-24-10-5-13-34(24)26(22)37/h1-4,6-9,11-12,14-16H,5,10,13,17H2. The first-order valence-electron chi connectivity index (χ1n) is 12.0. The predicted molar refractivity (Wildman–Crippen MR) is 138 cm³/mol. The summed E-state index contributed by atoms with van der Waals surface area (Å²) in [6.07, 6.45) is -1.85. The van der Waals surface area contributed by atoms with Crippen LogP contribution in [0.3, 0.4) is 0 Å². The van der Waals surface area contributed by atoms with Crippen molar-refractivity contribution in [3.05, 3.63) is 106 Å². The number of nitrogens with zero attached hydrogens (tertiary/aromatic N) is 4. The molecular formula is C28H21F3N4O4. The first-order chi connectivity index (χ1) is 18.7. The Morgan fingerprint density at radius 2 is 1.85 bits per heavy atom. The quantitative estimate of drug-likeness (QED) is 0.205. The molecule has 0 saturated carbocycles. The Labute approximate surface area is 220 Å². The van der Waals surface area contributed by atoms with E-state index >= 15 is 0 Å². The molecule has 0 N–H and O–H groups in total. The summed E-state index contributed by atoms with van der Waals surface area (Å²) in [5.41, 5.74) is -0.283.